The number of carbonyl (C=O) groups excluding carboxylic acids is 1. The van der Waals surface area contributed by atoms with Gasteiger partial charge < -0.3 is 10.1 Å². The van der Waals surface area contributed by atoms with Crippen LogP contribution in [0.1, 0.15) is 28.8 Å². The summed E-state index contributed by atoms with van der Waals surface area (Å²) in [6.07, 6.45) is 3.53. The molecule has 1 amide bonds. The minimum absolute atomic E-state index is 0.00333. The van der Waals surface area contributed by atoms with Crippen molar-refractivity contribution in [2.45, 2.75) is 12.1 Å². The van der Waals surface area contributed by atoms with Crippen molar-refractivity contribution in [3.05, 3.63) is 89.7 Å². The number of carbonyl (C=O) groups is 1. The normalized spacial score (nSPS) is 17.4. The number of hydrogen-bond donors (Lipinski definition) is 1. The predicted molar refractivity (Wildman–Crippen MR) is 111 cm³/mol. The molecule has 1 fully saturated rings. The Bertz CT molecular complexity index is 970. The molecule has 0 bridgehead atoms. The minimum Gasteiger partial charge on any atom is -0.379 e. The summed E-state index contributed by atoms with van der Waals surface area (Å²) in [7, 11) is 0. The molecule has 1 N–H and O–H groups in total. The van der Waals surface area contributed by atoms with Crippen LogP contribution in [0.4, 0.5) is 0 Å². The summed E-state index contributed by atoms with van der Waals surface area (Å²) in [6, 6.07) is 20.0. The zero-order valence-corrected chi connectivity index (χ0v) is 16.1. The Morgan fingerprint density at radius 1 is 0.966 bits per heavy atom. The second kappa shape index (κ2) is 7.78. The van der Waals surface area contributed by atoms with Crippen molar-refractivity contribution in [1.82, 2.24) is 15.2 Å². The summed E-state index contributed by atoms with van der Waals surface area (Å²) in [5.41, 5.74) is 5.59. The van der Waals surface area contributed by atoms with Crippen LogP contribution in [0.2, 0.25) is 0 Å². The number of hydrogen-bond acceptors (Lipinski definition) is 4. The van der Waals surface area contributed by atoms with Gasteiger partial charge in [-0.1, -0.05) is 54.6 Å². The molecule has 5 heteroatoms. The largest absolute Gasteiger partial charge is 0.379 e. The molecule has 0 unspecified atom stereocenters. The number of fused-ring (bicyclic) bond motifs is 3. The first-order chi connectivity index (χ1) is 14.3. The van der Waals surface area contributed by atoms with Gasteiger partial charge in [0, 0.05) is 25.5 Å². The zero-order chi connectivity index (χ0) is 19.6. The van der Waals surface area contributed by atoms with Crippen LogP contribution in [0.3, 0.4) is 0 Å². The van der Waals surface area contributed by atoms with Gasteiger partial charge in [-0.05, 0) is 33.9 Å². The molecule has 1 saturated heterocycles. The van der Waals surface area contributed by atoms with Crippen LogP contribution in [-0.2, 0) is 9.53 Å². The van der Waals surface area contributed by atoms with E-state index in [1.54, 1.807) is 12.4 Å². The van der Waals surface area contributed by atoms with Gasteiger partial charge >= 0.3 is 0 Å². The average molecular weight is 385 g/mol. The van der Waals surface area contributed by atoms with E-state index in [9.17, 15) is 4.79 Å². The third-order valence-electron chi connectivity index (χ3n) is 5.78. The van der Waals surface area contributed by atoms with Crippen molar-refractivity contribution in [3.63, 3.8) is 0 Å². The fourth-order valence-electron chi connectivity index (χ4n) is 4.43. The van der Waals surface area contributed by atoms with Crippen molar-refractivity contribution < 1.29 is 9.53 Å². The number of nitrogens with one attached hydrogen (secondary N) is 1. The number of pyridine rings is 1. The SMILES string of the molecule is O=C(NC1c2ccccc2-c2ccccc21)[C@@H](c1cccnc1)N1CCOCC1. The van der Waals surface area contributed by atoms with E-state index >= 15 is 0 Å². The lowest BCUT2D eigenvalue weighted by Crippen LogP contribution is -2.46. The minimum atomic E-state index is -0.382. The number of benzene rings is 2. The third kappa shape index (κ3) is 3.33. The molecule has 2 aromatic carbocycles. The summed E-state index contributed by atoms with van der Waals surface area (Å²) in [5, 5.41) is 3.34. The molecule has 0 saturated carbocycles. The highest BCUT2D eigenvalue weighted by Gasteiger charge is 2.34. The molecular formula is C24H23N3O2. The number of aromatic nitrogens is 1. The first-order valence-corrected chi connectivity index (χ1v) is 10.0. The van der Waals surface area contributed by atoms with E-state index in [2.05, 4.69) is 39.5 Å². The van der Waals surface area contributed by atoms with E-state index in [4.69, 9.17) is 4.74 Å². The molecule has 5 rings (SSSR count). The van der Waals surface area contributed by atoms with Crippen LogP contribution in [-0.4, -0.2) is 42.1 Å². The zero-order valence-electron chi connectivity index (χ0n) is 16.1. The summed E-state index contributed by atoms with van der Waals surface area (Å²) in [5.74, 6) is -0.00333. The molecule has 0 radical (unpaired) electrons. The number of morpholine rings is 1. The molecule has 29 heavy (non-hydrogen) atoms. The summed E-state index contributed by atoms with van der Waals surface area (Å²) in [6.45, 7) is 2.73. The molecule has 3 aromatic rings. The molecular weight excluding hydrogens is 362 g/mol. The van der Waals surface area contributed by atoms with Gasteiger partial charge in [0.15, 0.2) is 0 Å². The van der Waals surface area contributed by atoms with Gasteiger partial charge in [0.1, 0.15) is 6.04 Å². The van der Waals surface area contributed by atoms with Crippen molar-refractivity contribution >= 4 is 5.91 Å². The lowest BCUT2D eigenvalue weighted by Gasteiger charge is -2.34. The van der Waals surface area contributed by atoms with E-state index in [-0.39, 0.29) is 18.0 Å². The Labute approximate surface area is 170 Å². The van der Waals surface area contributed by atoms with Gasteiger partial charge in [-0.2, -0.15) is 0 Å². The fourth-order valence-corrected chi connectivity index (χ4v) is 4.43. The highest BCUT2D eigenvalue weighted by molar-refractivity contribution is 5.87. The molecule has 1 aromatic heterocycles. The number of ether oxygens (including phenoxy) is 1. The maximum absolute atomic E-state index is 13.6. The topological polar surface area (TPSA) is 54.5 Å². The van der Waals surface area contributed by atoms with Gasteiger partial charge in [0.05, 0.1) is 19.3 Å². The third-order valence-corrected chi connectivity index (χ3v) is 5.78. The fraction of sp³-hybridized carbons (Fsp3) is 0.250. The lowest BCUT2D eigenvalue weighted by atomic mass is 10.0. The first-order valence-electron chi connectivity index (χ1n) is 10.0. The van der Waals surface area contributed by atoms with Crippen molar-refractivity contribution in [2.75, 3.05) is 26.3 Å². The Hall–Kier alpha value is -3.02. The predicted octanol–water partition coefficient (Wildman–Crippen LogP) is 3.34. The van der Waals surface area contributed by atoms with Crippen LogP contribution in [0, 0.1) is 0 Å². The maximum Gasteiger partial charge on any atom is 0.242 e. The molecule has 1 atom stereocenters. The second-order valence-corrected chi connectivity index (χ2v) is 7.45. The molecule has 2 heterocycles. The van der Waals surface area contributed by atoms with Crippen molar-refractivity contribution in [1.29, 1.82) is 0 Å². The molecule has 1 aliphatic carbocycles. The van der Waals surface area contributed by atoms with Crippen LogP contribution >= 0.6 is 0 Å². The molecule has 146 valence electrons. The summed E-state index contributed by atoms with van der Waals surface area (Å²) >= 11 is 0. The van der Waals surface area contributed by atoms with E-state index in [0.29, 0.717) is 13.2 Å². The van der Waals surface area contributed by atoms with Crippen LogP contribution in [0.5, 0.6) is 0 Å². The van der Waals surface area contributed by atoms with Crippen LogP contribution < -0.4 is 5.32 Å². The maximum atomic E-state index is 13.6. The number of nitrogens with zero attached hydrogens (tertiary/aromatic N) is 2. The van der Waals surface area contributed by atoms with Gasteiger partial charge in [0.2, 0.25) is 5.91 Å². The first kappa shape index (κ1) is 18.0. The van der Waals surface area contributed by atoms with E-state index < -0.39 is 0 Å². The Morgan fingerprint density at radius 2 is 1.62 bits per heavy atom. The monoisotopic (exact) mass is 385 g/mol. The lowest BCUT2D eigenvalue weighted by molar-refractivity contribution is -0.129. The smallest absolute Gasteiger partial charge is 0.242 e. The quantitative estimate of drug-likeness (QED) is 0.748. The molecule has 1 aliphatic heterocycles. The van der Waals surface area contributed by atoms with Gasteiger partial charge in [-0.3, -0.25) is 14.7 Å². The Balaban J connectivity index is 1.49. The Kier molecular flexibility index (Phi) is 4.84. The number of amides is 1. The van der Waals surface area contributed by atoms with Crippen LogP contribution in [0.15, 0.2) is 73.1 Å². The average Bonchev–Trinajstić information content (AvgIpc) is 3.09. The van der Waals surface area contributed by atoms with E-state index in [1.165, 1.54) is 11.1 Å². The van der Waals surface area contributed by atoms with Gasteiger partial charge in [0.25, 0.3) is 0 Å². The van der Waals surface area contributed by atoms with Crippen molar-refractivity contribution in [2.24, 2.45) is 0 Å². The van der Waals surface area contributed by atoms with Crippen LogP contribution in [0.25, 0.3) is 11.1 Å². The molecule has 2 aliphatic rings. The van der Waals surface area contributed by atoms with E-state index in [1.807, 2.05) is 36.4 Å². The van der Waals surface area contributed by atoms with E-state index in [0.717, 1.165) is 29.8 Å². The Morgan fingerprint density at radius 3 is 2.24 bits per heavy atom. The summed E-state index contributed by atoms with van der Waals surface area (Å²) in [4.78, 5) is 20.0. The second-order valence-electron chi connectivity index (χ2n) is 7.45. The standard InChI is InChI=1S/C24H23N3O2/c28-24(23(17-6-5-11-25-16-17)27-12-14-29-15-13-27)26-22-20-9-3-1-7-18(20)19-8-2-4-10-21(19)22/h1-11,16,22-23H,12-15H2,(H,26,28)/t23-/m1/s1. The summed E-state index contributed by atoms with van der Waals surface area (Å²) < 4.78 is 5.50. The van der Waals surface area contributed by atoms with Gasteiger partial charge in [-0.15, -0.1) is 0 Å². The highest BCUT2D eigenvalue weighted by Crippen LogP contribution is 2.43. The number of rotatable bonds is 4. The van der Waals surface area contributed by atoms with Crippen molar-refractivity contribution in [3.8, 4) is 11.1 Å². The molecule has 5 nitrogen and oxygen atoms in total. The highest BCUT2D eigenvalue weighted by atomic mass is 16.5. The molecule has 0 spiro atoms. The van der Waals surface area contributed by atoms with Gasteiger partial charge in [-0.25, -0.2) is 0 Å².